The molecule has 0 aliphatic heterocycles. The molecular weight excluding hydrogens is 140 g/mol. The minimum Gasteiger partial charge on any atom is -0.389 e. The lowest BCUT2D eigenvalue weighted by Crippen LogP contribution is -2.12. The highest BCUT2D eigenvalue weighted by molar-refractivity contribution is 5.02. The van der Waals surface area contributed by atoms with E-state index in [0.29, 0.717) is 6.42 Å². The van der Waals surface area contributed by atoms with E-state index in [1.54, 1.807) is 18.5 Å². The van der Waals surface area contributed by atoms with Crippen molar-refractivity contribution in [1.82, 2.24) is 9.97 Å². The Hall–Kier alpha value is -0.960. The summed E-state index contributed by atoms with van der Waals surface area (Å²) in [6, 6.07) is 1.78. The van der Waals surface area contributed by atoms with Crippen LogP contribution in [0.3, 0.4) is 0 Å². The molecule has 0 atom stereocenters. The van der Waals surface area contributed by atoms with Crippen LogP contribution in [0, 0.1) is 0 Å². The number of hydrogen-bond acceptors (Lipinski definition) is 3. The van der Waals surface area contributed by atoms with Gasteiger partial charge in [0, 0.05) is 18.8 Å². The zero-order valence-corrected chi connectivity index (χ0v) is 6.20. The van der Waals surface area contributed by atoms with Gasteiger partial charge in [0.05, 0.1) is 5.60 Å². The molecule has 1 fully saturated rings. The zero-order valence-electron chi connectivity index (χ0n) is 6.20. The van der Waals surface area contributed by atoms with Crippen molar-refractivity contribution in [3.8, 4) is 0 Å². The summed E-state index contributed by atoms with van der Waals surface area (Å²) in [7, 11) is 0. The van der Waals surface area contributed by atoms with Crippen LogP contribution in [0.5, 0.6) is 0 Å². The van der Waals surface area contributed by atoms with Crippen molar-refractivity contribution in [1.29, 1.82) is 0 Å². The molecule has 0 aromatic carbocycles. The number of rotatable bonds is 2. The molecule has 1 aromatic heterocycles. The Balaban J connectivity index is 2.07. The van der Waals surface area contributed by atoms with Gasteiger partial charge in [0.2, 0.25) is 0 Å². The summed E-state index contributed by atoms with van der Waals surface area (Å²) in [5, 5.41) is 9.50. The second-order valence-electron chi connectivity index (χ2n) is 3.07. The molecule has 3 heteroatoms. The number of aromatic nitrogens is 2. The third kappa shape index (κ3) is 1.54. The van der Waals surface area contributed by atoms with Crippen LogP contribution in [0.1, 0.15) is 18.7 Å². The molecule has 2 rings (SSSR count). The van der Waals surface area contributed by atoms with E-state index in [-0.39, 0.29) is 0 Å². The minimum absolute atomic E-state index is 0.471. The van der Waals surface area contributed by atoms with Gasteiger partial charge in [-0.25, -0.2) is 9.97 Å². The van der Waals surface area contributed by atoms with Gasteiger partial charge in [0.15, 0.2) is 0 Å². The maximum atomic E-state index is 9.50. The molecule has 1 aliphatic carbocycles. The molecule has 0 bridgehead atoms. The van der Waals surface area contributed by atoms with E-state index in [2.05, 4.69) is 9.97 Å². The lowest BCUT2D eigenvalue weighted by Gasteiger charge is -2.03. The summed E-state index contributed by atoms with van der Waals surface area (Å²) >= 11 is 0. The summed E-state index contributed by atoms with van der Waals surface area (Å²) in [5.74, 6) is 0.743. The molecule has 3 nitrogen and oxygen atoms in total. The summed E-state index contributed by atoms with van der Waals surface area (Å²) in [5.41, 5.74) is -0.471. The number of aliphatic hydroxyl groups is 1. The van der Waals surface area contributed by atoms with Crippen LogP contribution < -0.4 is 0 Å². The van der Waals surface area contributed by atoms with E-state index in [4.69, 9.17) is 0 Å². The second-order valence-corrected chi connectivity index (χ2v) is 3.07. The Morgan fingerprint density at radius 1 is 1.36 bits per heavy atom. The lowest BCUT2D eigenvalue weighted by molar-refractivity contribution is 0.148. The molecule has 11 heavy (non-hydrogen) atoms. The van der Waals surface area contributed by atoms with Gasteiger partial charge in [-0.3, -0.25) is 0 Å². The summed E-state index contributed by atoms with van der Waals surface area (Å²) in [4.78, 5) is 8.07. The van der Waals surface area contributed by atoms with Crippen LogP contribution in [0.15, 0.2) is 18.5 Å². The third-order valence-electron chi connectivity index (χ3n) is 1.93. The summed E-state index contributed by atoms with van der Waals surface area (Å²) in [6.45, 7) is 0. The standard InChI is InChI=1S/C8H10N2O/c11-8(2-3-8)6-7-9-4-1-5-10-7/h1,4-5,11H,2-3,6H2. The van der Waals surface area contributed by atoms with Crippen LogP contribution in [0.2, 0.25) is 0 Å². The molecule has 0 amide bonds. The normalized spacial score (nSPS) is 19.7. The monoisotopic (exact) mass is 150 g/mol. The van der Waals surface area contributed by atoms with E-state index in [1.165, 1.54) is 0 Å². The SMILES string of the molecule is OC1(Cc2ncccn2)CC1. The van der Waals surface area contributed by atoms with Gasteiger partial charge in [-0.15, -0.1) is 0 Å². The fourth-order valence-corrected chi connectivity index (χ4v) is 1.04. The highest BCUT2D eigenvalue weighted by Crippen LogP contribution is 2.37. The van der Waals surface area contributed by atoms with Crippen LogP contribution in [-0.2, 0) is 6.42 Å². The van der Waals surface area contributed by atoms with Gasteiger partial charge in [0.25, 0.3) is 0 Å². The quantitative estimate of drug-likeness (QED) is 0.669. The van der Waals surface area contributed by atoms with E-state index in [1.807, 2.05) is 0 Å². The maximum Gasteiger partial charge on any atom is 0.131 e. The van der Waals surface area contributed by atoms with Crippen LogP contribution >= 0.6 is 0 Å². The predicted octanol–water partition coefficient (Wildman–Crippen LogP) is 0.544. The van der Waals surface area contributed by atoms with E-state index in [0.717, 1.165) is 18.7 Å². The Morgan fingerprint density at radius 3 is 2.55 bits per heavy atom. The molecule has 1 heterocycles. The van der Waals surface area contributed by atoms with Crippen molar-refractivity contribution in [3.05, 3.63) is 24.3 Å². The van der Waals surface area contributed by atoms with Crippen molar-refractivity contribution >= 4 is 0 Å². The van der Waals surface area contributed by atoms with E-state index < -0.39 is 5.60 Å². The van der Waals surface area contributed by atoms with Gasteiger partial charge in [-0.05, 0) is 18.9 Å². The van der Waals surface area contributed by atoms with Crippen molar-refractivity contribution in [2.24, 2.45) is 0 Å². The summed E-state index contributed by atoms with van der Waals surface area (Å²) in [6.07, 6.45) is 5.80. The van der Waals surface area contributed by atoms with Crippen LogP contribution in [0.25, 0.3) is 0 Å². The minimum atomic E-state index is -0.471. The average Bonchev–Trinajstić information content (AvgIpc) is 2.70. The Kier molecular flexibility index (Phi) is 1.39. The van der Waals surface area contributed by atoms with Gasteiger partial charge in [0.1, 0.15) is 5.82 Å². The second kappa shape index (κ2) is 2.27. The largest absolute Gasteiger partial charge is 0.389 e. The highest BCUT2D eigenvalue weighted by atomic mass is 16.3. The molecular formula is C8H10N2O. The molecule has 1 aromatic rings. The first-order chi connectivity index (χ1) is 5.29. The summed E-state index contributed by atoms with van der Waals surface area (Å²) < 4.78 is 0. The van der Waals surface area contributed by atoms with Crippen LogP contribution in [0.4, 0.5) is 0 Å². The lowest BCUT2D eigenvalue weighted by atomic mass is 10.2. The first kappa shape index (κ1) is 6.73. The first-order valence-electron chi connectivity index (χ1n) is 3.77. The van der Waals surface area contributed by atoms with Gasteiger partial charge < -0.3 is 5.11 Å². The maximum absolute atomic E-state index is 9.50. The van der Waals surface area contributed by atoms with Gasteiger partial charge in [-0.2, -0.15) is 0 Å². The molecule has 0 spiro atoms. The van der Waals surface area contributed by atoms with Crippen LogP contribution in [-0.4, -0.2) is 20.7 Å². The van der Waals surface area contributed by atoms with Crippen molar-refractivity contribution in [2.45, 2.75) is 24.9 Å². The van der Waals surface area contributed by atoms with Gasteiger partial charge in [-0.1, -0.05) is 0 Å². The Bertz CT molecular complexity index is 244. The molecule has 0 radical (unpaired) electrons. The third-order valence-corrected chi connectivity index (χ3v) is 1.93. The molecule has 1 saturated carbocycles. The topological polar surface area (TPSA) is 46.0 Å². The first-order valence-corrected chi connectivity index (χ1v) is 3.77. The molecule has 58 valence electrons. The predicted molar refractivity (Wildman–Crippen MR) is 39.9 cm³/mol. The van der Waals surface area contributed by atoms with Gasteiger partial charge >= 0.3 is 0 Å². The van der Waals surface area contributed by atoms with E-state index >= 15 is 0 Å². The smallest absolute Gasteiger partial charge is 0.131 e. The van der Waals surface area contributed by atoms with E-state index in [9.17, 15) is 5.11 Å². The van der Waals surface area contributed by atoms with Crippen molar-refractivity contribution < 1.29 is 5.11 Å². The fraction of sp³-hybridized carbons (Fsp3) is 0.500. The Labute approximate surface area is 65.1 Å². The number of hydrogen-bond donors (Lipinski definition) is 1. The molecule has 1 aliphatic rings. The highest BCUT2D eigenvalue weighted by Gasteiger charge is 2.40. The average molecular weight is 150 g/mol. The molecule has 0 unspecified atom stereocenters. The van der Waals surface area contributed by atoms with Crippen molar-refractivity contribution in [3.63, 3.8) is 0 Å². The molecule has 1 N–H and O–H groups in total. The zero-order chi connectivity index (χ0) is 7.73. The molecule has 0 saturated heterocycles. The number of nitrogens with zero attached hydrogens (tertiary/aromatic N) is 2. The Morgan fingerprint density at radius 2 is 2.00 bits per heavy atom. The fourth-order valence-electron chi connectivity index (χ4n) is 1.04. The van der Waals surface area contributed by atoms with Crippen molar-refractivity contribution in [2.75, 3.05) is 0 Å².